The summed E-state index contributed by atoms with van der Waals surface area (Å²) in [5, 5.41) is 0. The van der Waals surface area contributed by atoms with E-state index in [1.54, 1.807) is 0 Å². The number of rotatable bonds is 0. The van der Waals surface area contributed by atoms with Crippen molar-refractivity contribution in [2.24, 2.45) is 0 Å². The monoisotopic (exact) mass is 2200 g/mol. The van der Waals surface area contributed by atoms with Crippen molar-refractivity contribution in [2.45, 2.75) is 128 Å². The largest absolute Gasteiger partial charge is 0.134 e. The van der Waals surface area contributed by atoms with E-state index in [0.29, 0.717) is 0 Å². The Balaban J connectivity index is 0.000000123. The maximum atomic E-state index is 2.32. The van der Waals surface area contributed by atoms with Gasteiger partial charge >= 0.3 is 0 Å². The number of hydrogen-bond acceptors (Lipinski definition) is 30. The van der Waals surface area contributed by atoms with E-state index in [0.717, 1.165) is 0 Å². The minimum atomic E-state index is 1.20. The molecule has 0 aromatic carbocycles. The van der Waals surface area contributed by atoms with Crippen molar-refractivity contribution in [1.29, 1.82) is 0 Å². The SMILES string of the molecule is c1cc2sc1SCCCCSc1ccc(s1)-c1ccc(s1)-c1ccc(s1)SCCCCSc1ccc(s1)-c1ccc-2s1.c1cc2sc1SCCCCSc1ccc(s1)-c1ccc(s1)-c1ccc(s1)SCCCCSc1ccc(s1)-c1ccc-2s1.c1cc2sc1SCCCCSc1ccc(s1)-c1ccc(s1)-c1ccc(s1)SCCCCSc1ccc(s1)-c1ccc-2s1. The van der Waals surface area contributed by atoms with Gasteiger partial charge in [0.05, 0.1) is 50.5 Å². The first-order valence-electron chi connectivity index (χ1n) is 41.7. The Morgan fingerprint density at radius 1 is 0.0873 bits per heavy atom. The van der Waals surface area contributed by atoms with E-state index in [1.165, 1.54) is 314 Å². The summed E-state index contributed by atoms with van der Waals surface area (Å²) >= 11 is 59.3. The first kappa shape index (κ1) is 93.8. The molecule has 0 spiro atoms. The summed E-state index contributed by atoms with van der Waals surface area (Å²) < 4.78 is 17.3. The summed E-state index contributed by atoms with van der Waals surface area (Å²) in [4.78, 5) is 33.5. The van der Waals surface area contributed by atoms with E-state index in [1.807, 2.05) is 345 Å². The van der Waals surface area contributed by atoms with Crippen molar-refractivity contribution in [3.05, 3.63) is 218 Å². The Labute approximate surface area is 864 Å². The Morgan fingerprint density at radius 2 is 0.159 bits per heavy atom. The second-order valence-electron chi connectivity index (χ2n) is 28.8. The van der Waals surface area contributed by atoms with Gasteiger partial charge in [-0.2, -0.15) is 0 Å². The first-order valence-corrected chi connectivity index (χ1v) is 68.2. The van der Waals surface area contributed by atoms with E-state index < -0.39 is 0 Å². The molecule has 0 amide bonds. The van der Waals surface area contributed by atoms with Crippen LogP contribution in [0.3, 0.4) is 0 Å². The molecule has 0 nitrogen and oxygen atoms in total. The van der Waals surface area contributed by atoms with Gasteiger partial charge in [-0.05, 0) is 364 Å². The Morgan fingerprint density at radius 3 is 0.246 bits per heavy atom. The van der Waals surface area contributed by atoms with Gasteiger partial charge in [0.15, 0.2) is 0 Å². The van der Waals surface area contributed by atoms with Gasteiger partial charge in [-0.25, -0.2) is 0 Å². The highest BCUT2D eigenvalue weighted by atomic mass is 32.2. The molecule has 0 atom stereocenters. The first-order chi connectivity index (χ1) is 62.3. The molecule has 21 heterocycles. The van der Waals surface area contributed by atoms with Crippen LogP contribution in [0.15, 0.2) is 269 Å². The highest BCUT2D eigenvalue weighted by Crippen LogP contribution is 2.52. The molecule has 0 radical (unpaired) electrons. The molecule has 0 saturated carbocycles. The fraction of sp³-hybridized carbons (Fsp3) is 0.250. The van der Waals surface area contributed by atoms with Crippen LogP contribution in [0.25, 0.3) is 117 Å². The van der Waals surface area contributed by atoms with Crippen molar-refractivity contribution in [3.63, 3.8) is 0 Å². The molecule has 36 bridgehead atoms. The predicted octanol–water partition coefficient (Wildman–Crippen LogP) is 43.1. The van der Waals surface area contributed by atoms with E-state index in [-0.39, 0.29) is 0 Å². The third-order valence-corrected chi connectivity index (χ3v) is 57.3. The fourth-order valence-corrected chi connectivity index (χ4v) is 46.9. The molecule has 0 fully saturated rings. The minimum absolute atomic E-state index is 1.20. The predicted molar refractivity (Wildman–Crippen MR) is 610 cm³/mol. The molecule has 0 aliphatic carbocycles. The van der Waals surface area contributed by atoms with Gasteiger partial charge in [0.2, 0.25) is 0 Å². The minimum Gasteiger partial charge on any atom is -0.134 e. The lowest BCUT2D eigenvalue weighted by atomic mass is 10.3. The molecule has 21 rings (SSSR count). The lowest BCUT2D eigenvalue weighted by molar-refractivity contribution is 0.908. The third-order valence-electron chi connectivity index (χ3n) is 19.7. The average molecular weight is 2200 g/mol. The lowest BCUT2D eigenvalue weighted by Gasteiger charge is -2.00. The van der Waals surface area contributed by atoms with Crippen LogP contribution >= 0.6 is 345 Å². The highest BCUT2D eigenvalue weighted by molar-refractivity contribution is 8.04. The summed E-state index contributed by atoms with van der Waals surface area (Å²) in [7, 11) is 0. The van der Waals surface area contributed by atoms with Gasteiger partial charge in [-0.1, -0.05) is 0 Å². The zero-order valence-corrected chi connectivity index (χ0v) is 92.5. The normalized spacial score (nSPS) is 15.4. The van der Waals surface area contributed by atoms with Gasteiger partial charge < -0.3 is 0 Å². The molecule has 18 aromatic heterocycles. The van der Waals surface area contributed by atoms with Crippen LogP contribution in [0.5, 0.6) is 0 Å². The van der Waals surface area contributed by atoms with E-state index in [9.17, 15) is 0 Å². The standard InChI is InChI=1S/3C32H28S10/c3*1-2-18-34-30-14-10-26(40-30)22-7-8-24(38-22)28-12-16-32(42-28)36-20-4-3-19-35-31-15-11-27(41-31)23-6-5-21(37-23)25-9-13-29(39-25)33-17-1/h3*5-16H,1-4,17-20H2. The fourth-order valence-electron chi connectivity index (χ4n) is 13.3. The molecule has 18 aromatic rings. The molecule has 0 unspecified atom stereocenters. The van der Waals surface area contributed by atoms with Crippen molar-refractivity contribution >= 4 is 345 Å². The van der Waals surface area contributed by atoms with Gasteiger partial charge in [-0.15, -0.1) is 345 Å². The molecule has 126 heavy (non-hydrogen) atoms. The zero-order chi connectivity index (χ0) is 84.4. The molecule has 30 heteroatoms. The second kappa shape index (κ2) is 48.2. The number of hydrogen-bond donors (Lipinski definition) is 0. The maximum absolute atomic E-state index is 2.32. The van der Waals surface area contributed by atoms with Crippen LogP contribution in [0, 0.1) is 0 Å². The molecule has 0 N–H and O–H groups in total. The summed E-state index contributed by atoms with van der Waals surface area (Å²) in [6.45, 7) is 0. The molecular weight excluding hydrogens is 2120 g/mol. The van der Waals surface area contributed by atoms with Crippen LogP contribution in [-0.4, -0.2) is 69.0 Å². The van der Waals surface area contributed by atoms with Crippen molar-refractivity contribution in [1.82, 2.24) is 0 Å². The Kier molecular flexibility index (Phi) is 35.9. The molecule has 0 saturated heterocycles. The number of thioether (sulfide) groups is 12. The zero-order valence-electron chi connectivity index (χ0n) is 68.0. The topological polar surface area (TPSA) is 0 Å². The van der Waals surface area contributed by atoms with E-state index in [4.69, 9.17) is 0 Å². The average Bonchev–Trinajstić information content (AvgIpc) is 1.70. The summed E-state index contributed by atoms with van der Waals surface area (Å²) in [6, 6.07) is 83.3. The van der Waals surface area contributed by atoms with Gasteiger partial charge in [-0.3, -0.25) is 0 Å². The Hall–Kier alpha value is -1.20. The van der Waals surface area contributed by atoms with Crippen LogP contribution in [0.4, 0.5) is 0 Å². The van der Waals surface area contributed by atoms with Gasteiger partial charge in [0, 0.05) is 117 Å². The van der Waals surface area contributed by atoms with Gasteiger partial charge in [0.1, 0.15) is 0 Å². The van der Waals surface area contributed by atoms with Crippen LogP contribution in [0.2, 0.25) is 0 Å². The maximum Gasteiger partial charge on any atom is 0.0605 e. The van der Waals surface area contributed by atoms with E-state index in [2.05, 4.69) is 218 Å². The molecule has 3 aliphatic rings. The van der Waals surface area contributed by atoms with Crippen molar-refractivity contribution in [2.75, 3.05) is 69.0 Å². The van der Waals surface area contributed by atoms with Crippen molar-refractivity contribution < 1.29 is 0 Å². The quantitative estimate of drug-likeness (QED) is 0.142. The van der Waals surface area contributed by atoms with E-state index >= 15 is 0 Å². The number of fused-ring (bicyclic) bond motifs is 48. The van der Waals surface area contributed by atoms with Crippen molar-refractivity contribution in [3.8, 4) is 117 Å². The molecular formula is C96H84S30. The third kappa shape index (κ3) is 26.4. The molecule has 3 aliphatic heterocycles. The lowest BCUT2D eigenvalue weighted by Crippen LogP contribution is -1.82. The number of thiophene rings is 18. The summed E-state index contributed by atoms with van der Waals surface area (Å²) in [5.74, 6) is 14.4. The summed E-state index contributed by atoms with van der Waals surface area (Å²) in [5.41, 5.74) is 0. The highest BCUT2D eigenvalue weighted by Gasteiger charge is 2.20. The smallest absolute Gasteiger partial charge is 0.0605 e. The van der Waals surface area contributed by atoms with Gasteiger partial charge in [0.25, 0.3) is 0 Å². The molecule has 648 valence electrons. The van der Waals surface area contributed by atoms with Crippen LogP contribution in [0.1, 0.15) is 77.0 Å². The summed E-state index contributed by atoms with van der Waals surface area (Å²) in [6.07, 6.45) is 15.2. The van der Waals surface area contributed by atoms with Crippen LogP contribution in [-0.2, 0) is 0 Å². The van der Waals surface area contributed by atoms with Crippen LogP contribution < -0.4 is 0 Å². The second-order valence-corrected chi connectivity index (χ2v) is 65.1. The Bertz CT molecular complexity index is 5020.